The van der Waals surface area contributed by atoms with Gasteiger partial charge in [-0.2, -0.15) is 13.2 Å². The number of halogens is 3. The lowest BCUT2D eigenvalue weighted by Gasteiger charge is -2.37. The molecule has 1 aliphatic carbocycles. The Hall–Kier alpha value is -1.61. The highest BCUT2D eigenvalue weighted by atomic mass is 32.2. The van der Waals surface area contributed by atoms with Gasteiger partial charge in [-0.3, -0.25) is 4.79 Å². The maximum absolute atomic E-state index is 13.2. The van der Waals surface area contributed by atoms with E-state index in [-0.39, 0.29) is 30.7 Å². The van der Waals surface area contributed by atoms with Crippen LogP contribution >= 0.6 is 0 Å². The lowest BCUT2D eigenvalue weighted by Crippen LogP contribution is -2.48. The first-order valence-corrected chi connectivity index (χ1v) is 10.9. The Balaban J connectivity index is 1.87. The van der Waals surface area contributed by atoms with Gasteiger partial charge in [0.1, 0.15) is 9.84 Å². The Labute approximate surface area is 156 Å². The van der Waals surface area contributed by atoms with Crippen molar-refractivity contribution in [3.8, 4) is 0 Å². The summed E-state index contributed by atoms with van der Waals surface area (Å²) in [4.78, 5) is 14.7. The molecule has 0 radical (unpaired) electrons. The Bertz CT molecular complexity index is 854. The van der Waals surface area contributed by atoms with Crippen LogP contribution in [0.4, 0.5) is 13.2 Å². The highest BCUT2D eigenvalue weighted by Crippen LogP contribution is 2.41. The summed E-state index contributed by atoms with van der Waals surface area (Å²) in [6.07, 6.45) is -1.69. The molecule has 1 saturated carbocycles. The van der Waals surface area contributed by atoms with Gasteiger partial charge in [0.2, 0.25) is 5.91 Å². The Morgan fingerprint density at radius 2 is 2.04 bits per heavy atom. The zero-order valence-electron chi connectivity index (χ0n) is 15.1. The molecule has 5 nitrogen and oxygen atoms in total. The molecule has 1 aromatic rings. The fraction of sp³-hybridized carbons (Fsp3) is 0.611. The van der Waals surface area contributed by atoms with Crippen LogP contribution in [0.15, 0.2) is 18.2 Å². The molecule has 27 heavy (non-hydrogen) atoms. The molecule has 3 rings (SSSR count). The van der Waals surface area contributed by atoms with Gasteiger partial charge in [-0.25, -0.2) is 8.42 Å². The maximum atomic E-state index is 13.2. The van der Waals surface area contributed by atoms with Crippen molar-refractivity contribution < 1.29 is 26.4 Å². The molecule has 0 aromatic heterocycles. The zero-order valence-corrected chi connectivity index (χ0v) is 15.9. The van der Waals surface area contributed by atoms with Crippen LogP contribution in [0.5, 0.6) is 0 Å². The third-order valence-electron chi connectivity index (χ3n) is 5.47. The van der Waals surface area contributed by atoms with E-state index in [1.807, 2.05) is 0 Å². The van der Waals surface area contributed by atoms with Crippen LogP contribution in [0.1, 0.15) is 36.0 Å². The number of benzene rings is 1. The molecule has 1 aromatic carbocycles. The number of sulfone groups is 1. The normalized spacial score (nSPS) is 26.1. The molecular weight excluding hydrogens is 381 g/mol. The summed E-state index contributed by atoms with van der Waals surface area (Å²) >= 11 is 0. The molecule has 1 heterocycles. The molecule has 2 N–H and O–H groups in total. The van der Waals surface area contributed by atoms with E-state index in [9.17, 15) is 26.4 Å². The number of fused-ring (bicyclic) bond motifs is 1. The quantitative estimate of drug-likeness (QED) is 0.837. The number of hydrogen-bond acceptors (Lipinski definition) is 4. The number of hydrogen-bond donors (Lipinski definition) is 1. The van der Waals surface area contributed by atoms with Gasteiger partial charge >= 0.3 is 6.18 Å². The average Bonchev–Trinajstić information content (AvgIpc) is 2.92. The van der Waals surface area contributed by atoms with Gasteiger partial charge in [0.25, 0.3) is 0 Å². The molecule has 0 bridgehead atoms. The summed E-state index contributed by atoms with van der Waals surface area (Å²) in [5, 5.41) is 0. The molecule has 2 aliphatic rings. The number of amides is 1. The molecular formula is C18H23F3N2O3S. The summed E-state index contributed by atoms with van der Waals surface area (Å²) in [7, 11) is -3.41. The third-order valence-corrected chi connectivity index (χ3v) is 6.55. The van der Waals surface area contributed by atoms with E-state index in [1.165, 1.54) is 11.0 Å². The minimum Gasteiger partial charge on any atom is -0.338 e. The largest absolute Gasteiger partial charge is 0.416 e. The molecule has 150 valence electrons. The molecule has 0 unspecified atom stereocenters. The van der Waals surface area contributed by atoms with Gasteiger partial charge in [-0.05, 0) is 48.9 Å². The van der Waals surface area contributed by atoms with Gasteiger partial charge in [-0.1, -0.05) is 6.07 Å². The van der Waals surface area contributed by atoms with E-state index in [0.717, 1.165) is 24.0 Å². The van der Waals surface area contributed by atoms with Crippen LogP contribution in [0.25, 0.3) is 0 Å². The third kappa shape index (κ3) is 4.29. The smallest absolute Gasteiger partial charge is 0.338 e. The monoisotopic (exact) mass is 404 g/mol. The summed E-state index contributed by atoms with van der Waals surface area (Å²) in [5.41, 5.74) is 5.37. The van der Waals surface area contributed by atoms with Crippen molar-refractivity contribution in [2.24, 2.45) is 11.1 Å². The minimum absolute atomic E-state index is 0.0544. The van der Waals surface area contributed by atoms with E-state index in [0.29, 0.717) is 31.4 Å². The summed E-state index contributed by atoms with van der Waals surface area (Å²) in [5.74, 6) is -0.595. The topological polar surface area (TPSA) is 80.5 Å². The number of nitrogens with zero attached hydrogens (tertiary/aromatic N) is 1. The van der Waals surface area contributed by atoms with Gasteiger partial charge in [-0.15, -0.1) is 0 Å². The average molecular weight is 404 g/mol. The fourth-order valence-electron chi connectivity index (χ4n) is 4.30. The number of alkyl halides is 3. The zero-order chi connectivity index (χ0) is 20.0. The van der Waals surface area contributed by atoms with E-state index >= 15 is 0 Å². The van der Waals surface area contributed by atoms with Gasteiger partial charge < -0.3 is 10.6 Å². The van der Waals surface area contributed by atoms with E-state index < -0.39 is 27.0 Å². The molecule has 9 heteroatoms. The molecule has 1 amide bonds. The first-order chi connectivity index (χ1) is 12.4. The SMILES string of the molecule is CS(=O)(=O)C[C@]1(C(=O)N2CCc3ccc(C(F)(F)F)cc3C2)CC[C@@H](N)C1. The summed E-state index contributed by atoms with van der Waals surface area (Å²) < 4.78 is 62.8. The predicted octanol–water partition coefficient (Wildman–Crippen LogP) is 2.13. The molecule has 1 aliphatic heterocycles. The van der Waals surface area contributed by atoms with Gasteiger partial charge in [0.15, 0.2) is 0 Å². The molecule has 0 spiro atoms. The van der Waals surface area contributed by atoms with Crippen LogP contribution in [-0.2, 0) is 33.8 Å². The maximum Gasteiger partial charge on any atom is 0.416 e. The lowest BCUT2D eigenvalue weighted by atomic mass is 9.85. The van der Waals surface area contributed by atoms with Crippen LogP contribution in [0.3, 0.4) is 0 Å². The molecule has 2 atom stereocenters. The Morgan fingerprint density at radius 3 is 2.59 bits per heavy atom. The Morgan fingerprint density at radius 1 is 1.33 bits per heavy atom. The van der Waals surface area contributed by atoms with Crippen molar-refractivity contribution in [2.75, 3.05) is 18.6 Å². The van der Waals surface area contributed by atoms with Crippen LogP contribution in [0.2, 0.25) is 0 Å². The van der Waals surface area contributed by atoms with Crippen molar-refractivity contribution in [3.63, 3.8) is 0 Å². The second kappa shape index (κ2) is 6.77. The van der Waals surface area contributed by atoms with Crippen LogP contribution < -0.4 is 5.73 Å². The number of carbonyl (C=O) groups excluding carboxylic acids is 1. The number of carbonyl (C=O) groups is 1. The molecule has 0 saturated heterocycles. The molecule has 1 fully saturated rings. The van der Waals surface area contributed by atoms with Crippen LogP contribution in [0, 0.1) is 5.41 Å². The highest BCUT2D eigenvalue weighted by molar-refractivity contribution is 7.90. The van der Waals surface area contributed by atoms with Crippen molar-refractivity contribution >= 4 is 15.7 Å². The van der Waals surface area contributed by atoms with Crippen molar-refractivity contribution in [2.45, 2.75) is 44.4 Å². The van der Waals surface area contributed by atoms with Crippen LogP contribution in [-0.4, -0.2) is 43.8 Å². The lowest BCUT2D eigenvalue weighted by molar-refractivity contribution is -0.141. The first-order valence-electron chi connectivity index (χ1n) is 8.81. The fourth-order valence-corrected chi connectivity index (χ4v) is 5.69. The summed E-state index contributed by atoms with van der Waals surface area (Å²) in [6, 6.07) is 3.35. The summed E-state index contributed by atoms with van der Waals surface area (Å²) in [6.45, 7) is 0.413. The first kappa shape index (κ1) is 20.1. The van der Waals surface area contributed by atoms with E-state index in [4.69, 9.17) is 5.73 Å². The highest BCUT2D eigenvalue weighted by Gasteiger charge is 2.48. The van der Waals surface area contributed by atoms with Gasteiger partial charge in [0, 0.05) is 25.4 Å². The van der Waals surface area contributed by atoms with Crippen molar-refractivity contribution in [1.29, 1.82) is 0 Å². The number of nitrogens with two attached hydrogens (primary N) is 1. The van der Waals surface area contributed by atoms with E-state index in [1.54, 1.807) is 0 Å². The second-order valence-electron chi connectivity index (χ2n) is 7.81. The minimum atomic E-state index is -4.45. The van der Waals surface area contributed by atoms with Crippen molar-refractivity contribution in [3.05, 3.63) is 34.9 Å². The number of rotatable bonds is 3. The standard InChI is InChI=1S/C18H23F3N2O3S/c1-27(25,26)11-17(6-4-15(22)9-17)16(24)23-7-5-12-2-3-14(18(19,20)21)8-13(12)10-23/h2-3,8,15H,4-7,9-11,22H2,1H3/t15-,17+/m1/s1. The van der Waals surface area contributed by atoms with Gasteiger partial charge in [0.05, 0.1) is 16.7 Å². The predicted molar refractivity (Wildman–Crippen MR) is 94.5 cm³/mol. The van der Waals surface area contributed by atoms with E-state index in [2.05, 4.69) is 0 Å². The second-order valence-corrected chi connectivity index (χ2v) is 9.95. The Kier molecular flexibility index (Phi) is 5.05. The van der Waals surface area contributed by atoms with Crippen molar-refractivity contribution in [1.82, 2.24) is 4.90 Å².